The van der Waals surface area contributed by atoms with Gasteiger partial charge < -0.3 is 0 Å². The van der Waals surface area contributed by atoms with Crippen LogP contribution < -0.4 is 0 Å². The van der Waals surface area contributed by atoms with Crippen molar-refractivity contribution in [2.45, 2.75) is 64.7 Å². The number of fused-ring (bicyclic) bond motifs is 4. The molecule has 1 fully saturated rings. The van der Waals surface area contributed by atoms with E-state index in [2.05, 4.69) is 75.4 Å². The summed E-state index contributed by atoms with van der Waals surface area (Å²) in [6.07, 6.45) is 4.36. The van der Waals surface area contributed by atoms with Gasteiger partial charge in [0.15, 0.2) is 0 Å². The molecule has 0 N–H and O–H groups in total. The zero-order valence-corrected chi connectivity index (χ0v) is 20.7. The maximum absolute atomic E-state index is 14.1. The lowest BCUT2D eigenvalue weighted by molar-refractivity contribution is 0.00777. The highest BCUT2D eigenvalue weighted by Gasteiger charge is 2.40. The highest BCUT2D eigenvalue weighted by molar-refractivity contribution is 5.99. The topological polar surface area (TPSA) is 12.9 Å². The Morgan fingerprint density at radius 3 is 2.54 bits per heavy atom. The molecule has 3 heteroatoms. The van der Waals surface area contributed by atoms with Crippen LogP contribution in [0.2, 0.25) is 0 Å². The van der Waals surface area contributed by atoms with E-state index in [-0.39, 0.29) is 18.8 Å². The van der Waals surface area contributed by atoms with Gasteiger partial charge in [-0.2, -0.15) is 0 Å². The summed E-state index contributed by atoms with van der Waals surface area (Å²) in [6, 6.07) is 19.6. The van der Waals surface area contributed by atoms with Gasteiger partial charge in [0.1, 0.15) is 0 Å². The fourth-order valence-electron chi connectivity index (χ4n) is 6.21. The minimum Gasteiger partial charge on any atom is -0.255 e. The van der Waals surface area contributed by atoms with Crippen molar-refractivity contribution in [2.75, 3.05) is 0 Å². The Balaban J connectivity index is 1.56. The molecule has 4 aromatic rings. The van der Waals surface area contributed by atoms with E-state index in [1.165, 1.54) is 44.3 Å². The molecular formula is C32H31F2N. The minimum atomic E-state index is -2.55. The number of alkyl halides is 2. The second kappa shape index (κ2) is 8.26. The normalized spacial score (nSPS) is 18.3. The Morgan fingerprint density at radius 2 is 1.77 bits per heavy atom. The largest absolute Gasteiger partial charge is 0.255 e. The summed E-state index contributed by atoms with van der Waals surface area (Å²) in [7, 11) is 0. The lowest BCUT2D eigenvalue weighted by atomic mass is 9.89. The molecule has 0 amide bonds. The van der Waals surface area contributed by atoms with E-state index < -0.39 is 5.92 Å². The zero-order chi connectivity index (χ0) is 24.3. The molecule has 0 aliphatic heterocycles. The number of nitrogens with zero attached hydrogens (tertiary/aromatic N) is 1. The summed E-state index contributed by atoms with van der Waals surface area (Å²) in [5.74, 6) is -2.14. The number of hydrogen-bond donors (Lipinski definition) is 0. The first kappa shape index (κ1) is 22.4. The third-order valence-electron chi connectivity index (χ3n) is 7.82. The molecule has 1 atom stereocenters. The van der Waals surface area contributed by atoms with Gasteiger partial charge in [0.25, 0.3) is 0 Å². The van der Waals surface area contributed by atoms with Gasteiger partial charge >= 0.3 is 0 Å². The molecule has 1 saturated carbocycles. The number of rotatable bonds is 4. The Hall–Kier alpha value is -3.07. The van der Waals surface area contributed by atoms with Crippen molar-refractivity contribution < 1.29 is 8.78 Å². The molecule has 178 valence electrons. The van der Waals surface area contributed by atoms with Gasteiger partial charge in [0.2, 0.25) is 5.92 Å². The van der Waals surface area contributed by atoms with Gasteiger partial charge in [-0.3, -0.25) is 4.98 Å². The van der Waals surface area contributed by atoms with E-state index in [0.717, 1.165) is 29.5 Å². The van der Waals surface area contributed by atoms with Crippen molar-refractivity contribution in [2.24, 2.45) is 5.92 Å². The predicted molar refractivity (Wildman–Crippen MR) is 140 cm³/mol. The quantitative estimate of drug-likeness (QED) is 0.257. The molecule has 6 rings (SSSR count). The van der Waals surface area contributed by atoms with Crippen molar-refractivity contribution in [1.82, 2.24) is 4.98 Å². The first-order valence-electron chi connectivity index (χ1n) is 12.8. The average Bonchev–Trinajstić information content (AvgIpc) is 3.38. The third kappa shape index (κ3) is 3.95. The van der Waals surface area contributed by atoms with Crippen LogP contribution in [-0.4, -0.2) is 10.9 Å². The standard InChI is InChI=1S/C32H31F2N/c1-19(2)12-24-18-35-31(30-15-21(8-9-26(24)30)23-10-11-32(33,34)17-23)29-14-20(3)13-27-25-7-5-4-6-22(25)16-28(27)29/h4-9,13-15,18-19,23H,10-12,16-17H2,1-3H3. The third-order valence-corrected chi connectivity index (χ3v) is 7.82. The number of halogens is 2. The minimum absolute atomic E-state index is 0.0160. The lowest BCUT2D eigenvalue weighted by Gasteiger charge is -2.18. The summed E-state index contributed by atoms with van der Waals surface area (Å²) in [5, 5.41) is 2.29. The molecule has 2 aliphatic rings. The zero-order valence-electron chi connectivity index (χ0n) is 20.7. The fraction of sp³-hybridized carbons (Fsp3) is 0.344. The molecule has 35 heavy (non-hydrogen) atoms. The van der Waals surface area contributed by atoms with Gasteiger partial charge in [-0.15, -0.1) is 0 Å². The number of hydrogen-bond acceptors (Lipinski definition) is 1. The van der Waals surface area contributed by atoms with Crippen LogP contribution in [0.1, 0.15) is 66.8 Å². The van der Waals surface area contributed by atoms with Crippen molar-refractivity contribution in [3.05, 3.63) is 88.6 Å². The Morgan fingerprint density at radius 1 is 0.971 bits per heavy atom. The summed E-state index contributed by atoms with van der Waals surface area (Å²) >= 11 is 0. The summed E-state index contributed by atoms with van der Waals surface area (Å²) in [4.78, 5) is 5.06. The van der Waals surface area contributed by atoms with Crippen molar-refractivity contribution in [3.8, 4) is 22.4 Å². The molecule has 1 aromatic heterocycles. The summed E-state index contributed by atoms with van der Waals surface area (Å²) in [5.41, 5.74) is 10.9. The highest BCUT2D eigenvalue weighted by Crippen LogP contribution is 2.47. The van der Waals surface area contributed by atoms with Crippen LogP contribution in [0.5, 0.6) is 0 Å². The molecule has 0 radical (unpaired) electrons. The van der Waals surface area contributed by atoms with Crippen molar-refractivity contribution in [1.29, 1.82) is 0 Å². The van der Waals surface area contributed by atoms with Crippen LogP contribution in [0, 0.1) is 12.8 Å². The first-order chi connectivity index (χ1) is 16.8. The van der Waals surface area contributed by atoms with Gasteiger partial charge in [0, 0.05) is 30.0 Å². The Bertz CT molecular complexity index is 1450. The molecule has 1 nitrogen and oxygen atoms in total. The van der Waals surface area contributed by atoms with Gasteiger partial charge in [-0.1, -0.05) is 56.3 Å². The number of aromatic nitrogens is 1. The number of pyridine rings is 1. The highest BCUT2D eigenvalue weighted by atomic mass is 19.3. The number of benzene rings is 3. The molecule has 1 unspecified atom stereocenters. The van der Waals surface area contributed by atoms with E-state index in [0.29, 0.717) is 12.3 Å². The maximum atomic E-state index is 14.1. The van der Waals surface area contributed by atoms with E-state index in [1.807, 2.05) is 6.20 Å². The SMILES string of the molecule is Cc1cc2c(c(-c3ncc(CC(C)C)c4ccc(C5CCC(F)(F)C5)cc34)c1)Cc1ccccc1-2. The number of aryl methyl sites for hydroxylation is 1. The van der Waals surface area contributed by atoms with E-state index in [4.69, 9.17) is 4.98 Å². The second-order valence-electron chi connectivity index (χ2n) is 11.0. The van der Waals surface area contributed by atoms with Crippen LogP contribution in [0.25, 0.3) is 33.2 Å². The van der Waals surface area contributed by atoms with Crippen LogP contribution >= 0.6 is 0 Å². The van der Waals surface area contributed by atoms with Gasteiger partial charge in [-0.05, 0) is 94.5 Å². The molecule has 0 saturated heterocycles. The van der Waals surface area contributed by atoms with Crippen LogP contribution in [0.3, 0.4) is 0 Å². The van der Waals surface area contributed by atoms with Crippen molar-refractivity contribution >= 4 is 10.8 Å². The summed E-state index contributed by atoms with van der Waals surface area (Å²) < 4.78 is 28.1. The van der Waals surface area contributed by atoms with E-state index in [9.17, 15) is 8.78 Å². The molecular weight excluding hydrogens is 436 g/mol. The lowest BCUT2D eigenvalue weighted by Crippen LogP contribution is -2.09. The Labute approximate surface area is 206 Å². The molecule has 2 aliphatic carbocycles. The van der Waals surface area contributed by atoms with Crippen LogP contribution in [0.4, 0.5) is 8.78 Å². The molecule has 3 aromatic carbocycles. The first-order valence-corrected chi connectivity index (χ1v) is 12.8. The van der Waals surface area contributed by atoms with Crippen LogP contribution in [-0.2, 0) is 12.8 Å². The maximum Gasteiger partial charge on any atom is 0.248 e. The van der Waals surface area contributed by atoms with Gasteiger partial charge in [-0.25, -0.2) is 8.78 Å². The van der Waals surface area contributed by atoms with E-state index in [1.54, 1.807) is 0 Å². The average molecular weight is 468 g/mol. The molecule has 0 spiro atoms. The van der Waals surface area contributed by atoms with Crippen LogP contribution in [0.15, 0.2) is 60.8 Å². The summed E-state index contributed by atoms with van der Waals surface area (Å²) in [6.45, 7) is 6.59. The Kier molecular flexibility index (Phi) is 5.28. The second-order valence-corrected chi connectivity index (χ2v) is 11.0. The predicted octanol–water partition coefficient (Wildman–Crippen LogP) is 8.88. The monoisotopic (exact) mass is 467 g/mol. The smallest absolute Gasteiger partial charge is 0.248 e. The van der Waals surface area contributed by atoms with Crippen molar-refractivity contribution in [3.63, 3.8) is 0 Å². The fourth-order valence-corrected chi connectivity index (χ4v) is 6.21. The van der Waals surface area contributed by atoms with Gasteiger partial charge in [0.05, 0.1) is 5.69 Å². The molecule has 0 bridgehead atoms. The van der Waals surface area contributed by atoms with E-state index >= 15 is 0 Å². The molecule has 1 heterocycles.